The lowest BCUT2D eigenvalue weighted by Crippen LogP contribution is -2.37. The molecule has 4 heteroatoms. The third kappa shape index (κ3) is 2.97. The Morgan fingerprint density at radius 3 is 2.77 bits per heavy atom. The Hall–Kier alpha value is -0.613. The predicted octanol–water partition coefficient (Wildman–Crippen LogP) is 0.280. The molecule has 1 unspecified atom stereocenters. The van der Waals surface area contributed by atoms with Gasteiger partial charge in [0.15, 0.2) is 0 Å². The molecular weight excluding hydrogens is 184 g/mol. The molecule has 1 heterocycles. The van der Waals surface area contributed by atoms with Crippen molar-refractivity contribution >= 4 is 16.2 Å². The normalized spacial score (nSPS) is 28.6. The summed E-state index contributed by atoms with van der Waals surface area (Å²) in [7, 11) is 0.877. The Morgan fingerprint density at radius 2 is 2.31 bits per heavy atom. The van der Waals surface area contributed by atoms with Gasteiger partial charge in [-0.2, -0.15) is 0 Å². The molecule has 0 aromatic heterocycles. The summed E-state index contributed by atoms with van der Waals surface area (Å²) in [5, 5.41) is 8.53. The van der Waals surface area contributed by atoms with E-state index in [9.17, 15) is 4.79 Å². The zero-order valence-electron chi connectivity index (χ0n) is 8.01. The molecule has 0 radical (unpaired) electrons. The van der Waals surface area contributed by atoms with Crippen molar-refractivity contribution in [2.24, 2.45) is 0 Å². The quantitative estimate of drug-likeness (QED) is 0.526. The van der Waals surface area contributed by atoms with Crippen LogP contribution in [0.3, 0.4) is 0 Å². The number of carboxylic acids is 1. The van der Waals surface area contributed by atoms with E-state index >= 15 is 0 Å². The SMILES string of the molecule is C=C(CC1([SiH3])CCCCO1)C(=O)O. The fourth-order valence-corrected chi connectivity index (χ4v) is 2.64. The standard InChI is InChI=1S/C9H16O3Si/c1-7(8(10)11)6-9(13)4-2-3-5-12-9/h1-6H2,13H3,(H,10,11). The van der Waals surface area contributed by atoms with Crippen molar-refractivity contribution in [3.63, 3.8) is 0 Å². The van der Waals surface area contributed by atoms with Crippen molar-refractivity contribution in [1.29, 1.82) is 0 Å². The Kier molecular flexibility index (Phi) is 3.27. The molecule has 74 valence electrons. The van der Waals surface area contributed by atoms with Gasteiger partial charge in [-0.1, -0.05) is 6.58 Å². The van der Waals surface area contributed by atoms with Gasteiger partial charge in [0.1, 0.15) is 0 Å². The summed E-state index contributed by atoms with van der Waals surface area (Å²) in [6, 6.07) is 0. The van der Waals surface area contributed by atoms with Crippen LogP contribution >= 0.6 is 0 Å². The second kappa shape index (κ2) is 4.06. The molecule has 0 bridgehead atoms. The van der Waals surface area contributed by atoms with Crippen LogP contribution in [0.4, 0.5) is 0 Å². The molecule has 1 rings (SSSR count). The topological polar surface area (TPSA) is 46.5 Å². The summed E-state index contributed by atoms with van der Waals surface area (Å²) >= 11 is 0. The third-order valence-electron chi connectivity index (χ3n) is 2.44. The average Bonchev–Trinajstić information content (AvgIpc) is 2.04. The van der Waals surface area contributed by atoms with Crippen molar-refractivity contribution in [3.05, 3.63) is 12.2 Å². The molecule has 3 nitrogen and oxygen atoms in total. The van der Waals surface area contributed by atoms with Crippen molar-refractivity contribution in [3.8, 4) is 0 Å². The summed E-state index contributed by atoms with van der Waals surface area (Å²) in [4.78, 5) is 10.6. The zero-order valence-corrected chi connectivity index (χ0v) is 10.0. The van der Waals surface area contributed by atoms with E-state index in [1.165, 1.54) is 0 Å². The number of aliphatic carboxylic acids is 1. The molecule has 0 aliphatic carbocycles. The monoisotopic (exact) mass is 200 g/mol. The lowest BCUT2D eigenvalue weighted by atomic mass is 10.0. The molecule has 1 saturated heterocycles. The molecule has 13 heavy (non-hydrogen) atoms. The fraction of sp³-hybridized carbons (Fsp3) is 0.667. The maximum Gasteiger partial charge on any atom is 0.331 e. The van der Waals surface area contributed by atoms with Crippen LogP contribution in [0.1, 0.15) is 25.7 Å². The van der Waals surface area contributed by atoms with Crippen LogP contribution in [0.25, 0.3) is 0 Å². The number of carboxylic acid groups (broad SMARTS) is 1. The summed E-state index contributed by atoms with van der Waals surface area (Å²) in [6.45, 7) is 4.31. The Labute approximate surface area is 81.2 Å². The third-order valence-corrected chi connectivity index (χ3v) is 3.58. The van der Waals surface area contributed by atoms with Gasteiger partial charge in [-0.3, -0.25) is 0 Å². The van der Waals surface area contributed by atoms with Gasteiger partial charge in [0, 0.05) is 28.8 Å². The molecule has 0 saturated carbocycles. The van der Waals surface area contributed by atoms with Crippen molar-refractivity contribution in [1.82, 2.24) is 0 Å². The molecule has 1 atom stereocenters. The molecule has 0 amide bonds. The average molecular weight is 200 g/mol. The summed E-state index contributed by atoms with van der Waals surface area (Å²) in [5.74, 6) is -0.899. The number of carbonyl (C=O) groups is 1. The lowest BCUT2D eigenvalue weighted by Gasteiger charge is -2.34. The second-order valence-electron chi connectivity index (χ2n) is 3.84. The minimum Gasteiger partial charge on any atom is -0.478 e. The summed E-state index contributed by atoms with van der Waals surface area (Å²) in [5.41, 5.74) is 0.275. The highest BCUT2D eigenvalue weighted by Gasteiger charge is 2.29. The summed E-state index contributed by atoms with van der Waals surface area (Å²) < 4.78 is 5.62. The highest BCUT2D eigenvalue weighted by Crippen LogP contribution is 2.27. The first-order valence-electron chi connectivity index (χ1n) is 4.58. The van der Waals surface area contributed by atoms with Gasteiger partial charge in [-0.05, 0) is 19.3 Å². The van der Waals surface area contributed by atoms with E-state index in [1.807, 2.05) is 0 Å². The first-order valence-corrected chi connectivity index (χ1v) is 5.58. The van der Waals surface area contributed by atoms with E-state index in [0.717, 1.165) is 36.1 Å². The van der Waals surface area contributed by atoms with Gasteiger partial charge < -0.3 is 9.84 Å². The Morgan fingerprint density at radius 1 is 1.62 bits per heavy atom. The van der Waals surface area contributed by atoms with Crippen molar-refractivity contribution in [2.45, 2.75) is 30.9 Å². The first-order chi connectivity index (χ1) is 6.03. The van der Waals surface area contributed by atoms with Crippen molar-refractivity contribution in [2.75, 3.05) is 6.61 Å². The molecule has 0 spiro atoms. The van der Waals surface area contributed by atoms with Gasteiger partial charge in [-0.25, -0.2) is 4.79 Å². The molecule has 1 N–H and O–H groups in total. The van der Waals surface area contributed by atoms with Gasteiger partial charge in [-0.15, -0.1) is 0 Å². The Balaban J connectivity index is 2.50. The van der Waals surface area contributed by atoms with E-state index in [1.54, 1.807) is 0 Å². The number of hydrogen-bond acceptors (Lipinski definition) is 2. The van der Waals surface area contributed by atoms with Crippen LogP contribution < -0.4 is 0 Å². The minimum atomic E-state index is -0.899. The van der Waals surface area contributed by atoms with Gasteiger partial charge in [0.05, 0.1) is 5.22 Å². The molecule has 0 aromatic carbocycles. The molecule has 1 fully saturated rings. The van der Waals surface area contributed by atoms with Crippen LogP contribution in [0, 0.1) is 0 Å². The minimum absolute atomic E-state index is 0.159. The number of ether oxygens (including phenoxy) is 1. The smallest absolute Gasteiger partial charge is 0.331 e. The number of hydrogen-bond donors (Lipinski definition) is 1. The molecule has 1 aliphatic rings. The van der Waals surface area contributed by atoms with Crippen LogP contribution in [0.5, 0.6) is 0 Å². The maximum absolute atomic E-state index is 10.6. The largest absolute Gasteiger partial charge is 0.478 e. The van der Waals surface area contributed by atoms with Crippen LogP contribution in [0.2, 0.25) is 0 Å². The van der Waals surface area contributed by atoms with E-state index in [2.05, 4.69) is 6.58 Å². The lowest BCUT2D eigenvalue weighted by molar-refractivity contribution is -0.133. The van der Waals surface area contributed by atoms with Crippen LogP contribution in [0.15, 0.2) is 12.2 Å². The van der Waals surface area contributed by atoms with Gasteiger partial charge in [0.2, 0.25) is 0 Å². The van der Waals surface area contributed by atoms with E-state index in [0.29, 0.717) is 6.42 Å². The number of rotatable bonds is 3. The van der Waals surface area contributed by atoms with E-state index in [-0.39, 0.29) is 10.8 Å². The van der Waals surface area contributed by atoms with E-state index < -0.39 is 5.97 Å². The van der Waals surface area contributed by atoms with Gasteiger partial charge in [0.25, 0.3) is 0 Å². The van der Waals surface area contributed by atoms with Crippen LogP contribution in [-0.4, -0.2) is 33.1 Å². The van der Waals surface area contributed by atoms with Crippen LogP contribution in [-0.2, 0) is 9.53 Å². The van der Waals surface area contributed by atoms with Crippen molar-refractivity contribution < 1.29 is 14.6 Å². The summed E-state index contributed by atoms with van der Waals surface area (Å²) in [6.07, 6.45) is 3.74. The molecule has 0 aromatic rings. The second-order valence-corrected chi connectivity index (χ2v) is 5.66. The highest BCUT2D eigenvalue weighted by molar-refractivity contribution is 6.15. The molecular formula is C9H16O3Si. The maximum atomic E-state index is 10.6. The fourth-order valence-electron chi connectivity index (χ4n) is 1.66. The first kappa shape index (κ1) is 10.5. The Bertz CT molecular complexity index is 219. The zero-order chi connectivity index (χ0) is 9.90. The van der Waals surface area contributed by atoms with E-state index in [4.69, 9.17) is 9.84 Å². The predicted molar refractivity (Wildman–Crippen MR) is 53.9 cm³/mol. The van der Waals surface area contributed by atoms with Gasteiger partial charge >= 0.3 is 5.97 Å². The molecule has 1 aliphatic heterocycles. The highest BCUT2D eigenvalue weighted by atomic mass is 28.1.